The Morgan fingerprint density at radius 1 is 1.32 bits per heavy atom. The Morgan fingerprint density at radius 2 is 2.05 bits per heavy atom. The van der Waals surface area contributed by atoms with Crippen molar-refractivity contribution in [2.24, 2.45) is 0 Å². The van der Waals surface area contributed by atoms with Crippen molar-refractivity contribution in [1.29, 1.82) is 5.41 Å². The van der Waals surface area contributed by atoms with Crippen molar-refractivity contribution in [2.45, 2.75) is 13.5 Å². The van der Waals surface area contributed by atoms with E-state index in [0.29, 0.717) is 16.9 Å². The smallest absolute Gasteiger partial charge is 0.142 e. The Labute approximate surface area is 109 Å². The fourth-order valence-corrected chi connectivity index (χ4v) is 1.69. The summed E-state index contributed by atoms with van der Waals surface area (Å²) in [5.41, 5.74) is 1.06. The Bertz CT molecular complexity index is 611. The van der Waals surface area contributed by atoms with Gasteiger partial charge in [0.25, 0.3) is 0 Å². The number of hydrogen-bond donors (Lipinski definition) is 2. The van der Waals surface area contributed by atoms with Crippen LogP contribution in [-0.4, -0.2) is 10.7 Å². The van der Waals surface area contributed by atoms with Crippen LogP contribution in [0.2, 0.25) is 0 Å². The number of anilines is 1. The van der Waals surface area contributed by atoms with Crippen molar-refractivity contribution in [2.75, 3.05) is 5.32 Å². The summed E-state index contributed by atoms with van der Waals surface area (Å²) in [6.45, 7) is 1.77. The van der Waals surface area contributed by atoms with E-state index in [0.717, 1.165) is 6.20 Å². The van der Waals surface area contributed by atoms with Crippen LogP contribution in [0.15, 0.2) is 36.5 Å². The van der Waals surface area contributed by atoms with Gasteiger partial charge in [-0.2, -0.15) is 0 Å². The van der Waals surface area contributed by atoms with E-state index in [1.54, 1.807) is 25.1 Å². The molecule has 0 atom stereocenters. The number of hydrogen-bond acceptors (Lipinski definition) is 3. The van der Waals surface area contributed by atoms with Crippen molar-refractivity contribution < 1.29 is 8.78 Å². The molecule has 1 heterocycles. The van der Waals surface area contributed by atoms with Gasteiger partial charge in [0.1, 0.15) is 17.5 Å². The highest BCUT2D eigenvalue weighted by Gasteiger charge is 2.08. The first-order valence-corrected chi connectivity index (χ1v) is 5.76. The number of nitrogens with one attached hydrogen (secondary N) is 2. The van der Waals surface area contributed by atoms with Gasteiger partial charge in [-0.1, -0.05) is 18.2 Å². The Balaban J connectivity index is 2.20. The summed E-state index contributed by atoms with van der Waals surface area (Å²) in [6.07, 6.45) is 1.07. The molecule has 2 N–H and O–H groups in total. The zero-order valence-corrected chi connectivity index (χ0v) is 10.4. The van der Waals surface area contributed by atoms with Crippen molar-refractivity contribution in [3.63, 3.8) is 0 Å². The molecular formula is C14H13F2N3. The molecule has 0 aliphatic rings. The van der Waals surface area contributed by atoms with Crippen molar-refractivity contribution in [1.82, 2.24) is 4.98 Å². The van der Waals surface area contributed by atoms with Crippen molar-refractivity contribution in [3.05, 3.63) is 59.3 Å². The molecule has 0 unspecified atom stereocenters. The molecule has 19 heavy (non-hydrogen) atoms. The maximum absolute atomic E-state index is 13.5. The molecule has 0 amide bonds. The van der Waals surface area contributed by atoms with Crippen LogP contribution < -0.4 is 5.32 Å². The lowest BCUT2D eigenvalue weighted by Crippen LogP contribution is -2.08. The molecule has 3 nitrogen and oxygen atoms in total. The third kappa shape index (κ3) is 3.13. The van der Waals surface area contributed by atoms with Gasteiger partial charge in [0.2, 0.25) is 0 Å². The van der Waals surface area contributed by atoms with Crippen LogP contribution in [0.4, 0.5) is 14.6 Å². The van der Waals surface area contributed by atoms with Crippen LogP contribution in [0.3, 0.4) is 0 Å². The second kappa shape index (κ2) is 5.56. The average molecular weight is 261 g/mol. The predicted molar refractivity (Wildman–Crippen MR) is 70.4 cm³/mol. The molecular weight excluding hydrogens is 248 g/mol. The highest BCUT2D eigenvalue weighted by Crippen LogP contribution is 2.16. The van der Waals surface area contributed by atoms with Crippen molar-refractivity contribution in [3.8, 4) is 0 Å². The third-order valence-corrected chi connectivity index (χ3v) is 2.66. The normalized spacial score (nSPS) is 10.3. The van der Waals surface area contributed by atoms with Gasteiger partial charge in [0.05, 0.1) is 6.20 Å². The van der Waals surface area contributed by atoms with Crippen LogP contribution in [0.1, 0.15) is 18.1 Å². The molecule has 2 aromatic rings. The van der Waals surface area contributed by atoms with E-state index in [-0.39, 0.29) is 18.1 Å². The van der Waals surface area contributed by atoms with Crippen LogP contribution in [0.25, 0.3) is 0 Å². The lowest BCUT2D eigenvalue weighted by Gasteiger charge is -2.10. The predicted octanol–water partition coefficient (Wildman–Crippen LogP) is 3.36. The molecule has 0 aliphatic carbocycles. The Hall–Kier alpha value is -2.30. The number of pyridine rings is 1. The quantitative estimate of drug-likeness (QED) is 0.829. The third-order valence-electron chi connectivity index (χ3n) is 2.66. The highest BCUT2D eigenvalue weighted by atomic mass is 19.1. The Kier molecular flexibility index (Phi) is 3.85. The fraction of sp³-hybridized carbons (Fsp3) is 0.143. The summed E-state index contributed by atoms with van der Waals surface area (Å²) in [4.78, 5) is 3.89. The topological polar surface area (TPSA) is 48.8 Å². The molecule has 1 aromatic carbocycles. The minimum absolute atomic E-state index is 0.197. The lowest BCUT2D eigenvalue weighted by atomic mass is 10.1. The van der Waals surface area contributed by atoms with Crippen LogP contribution in [-0.2, 0) is 6.54 Å². The van der Waals surface area contributed by atoms with E-state index in [1.807, 2.05) is 0 Å². The summed E-state index contributed by atoms with van der Waals surface area (Å²) < 4.78 is 26.5. The van der Waals surface area contributed by atoms with E-state index in [2.05, 4.69) is 10.3 Å². The maximum atomic E-state index is 13.5. The lowest BCUT2D eigenvalue weighted by molar-refractivity contribution is 0.612. The zero-order chi connectivity index (χ0) is 13.8. The van der Waals surface area contributed by atoms with Gasteiger partial charge in [-0.25, -0.2) is 13.8 Å². The fourth-order valence-electron chi connectivity index (χ4n) is 1.69. The second-order valence-corrected chi connectivity index (χ2v) is 4.12. The summed E-state index contributed by atoms with van der Waals surface area (Å²) in [5.74, 6) is -0.444. The summed E-state index contributed by atoms with van der Waals surface area (Å²) in [6, 6.07) is 7.61. The van der Waals surface area contributed by atoms with Gasteiger partial charge in [0.15, 0.2) is 0 Å². The van der Waals surface area contributed by atoms with E-state index in [9.17, 15) is 8.78 Å². The molecule has 2 rings (SSSR count). The van der Waals surface area contributed by atoms with E-state index in [1.165, 1.54) is 12.1 Å². The van der Waals surface area contributed by atoms with Gasteiger partial charge in [-0.3, -0.25) is 0 Å². The minimum atomic E-state index is -0.502. The van der Waals surface area contributed by atoms with Gasteiger partial charge in [-0.15, -0.1) is 0 Å². The van der Waals surface area contributed by atoms with E-state index in [4.69, 9.17) is 5.41 Å². The van der Waals surface area contributed by atoms with Crippen LogP contribution in [0.5, 0.6) is 0 Å². The minimum Gasteiger partial charge on any atom is -0.365 e. The summed E-state index contributed by atoms with van der Waals surface area (Å²) in [5, 5.41) is 10.5. The average Bonchev–Trinajstić information content (AvgIpc) is 2.38. The number of benzene rings is 1. The first kappa shape index (κ1) is 13.1. The summed E-state index contributed by atoms with van der Waals surface area (Å²) in [7, 11) is 0. The summed E-state index contributed by atoms with van der Waals surface area (Å²) >= 11 is 0. The molecule has 5 heteroatoms. The molecule has 0 saturated heterocycles. The highest BCUT2D eigenvalue weighted by molar-refractivity contribution is 6.00. The van der Waals surface area contributed by atoms with Crippen molar-refractivity contribution >= 4 is 11.5 Å². The first-order valence-electron chi connectivity index (χ1n) is 5.76. The molecule has 0 spiro atoms. The number of aromatic nitrogens is 1. The standard InChI is InChI=1S/C14H13F2N3/c1-9(17)12-6-11(15)8-19-14(12)18-7-10-4-2-3-5-13(10)16/h2-6,8,17H,7H2,1H3,(H,18,19). The first-order chi connectivity index (χ1) is 9.08. The maximum Gasteiger partial charge on any atom is 0.142 e. The van der Waals surface area contributed by atoms with E-state index < -0.39 is 5.82 Å². The monoisotopic (exact) mass is 261 g/mol. The van der Waals surface area contributed by atoms with Crippen LogP contribution >= 0.6 is 0 Å². The molecule has 98 valence electrons. The Morgan fingerprint density at radius 3 is 2.74 bits per heavy atom. The SMILES string of the molecule is CC(=N)c1cc(F)cnc1NCc1ccccc1F. The van der Waals surface area contributed by atoms with Gasteiger partial charge in [0, 0.05) is 23.4 Å². The van der Waals surface area contributed by atoms with Gasteiger partial charge in [-0.05, 0) is 19.1 Å². The molecule has 0 saturated carbocycles. The van der Waals surface area contributed by atoms with Gasteiger partial charge < -0.3 is 10.7 Å². The zero-order valence-electron chi connectivity index (χ0n) is 10.4. The molecule has 1 aromatic heterocycles. The molecule has 0 bridgehead atoms. The second-order valence-electron chi connectivity index (χ2n) is 4.12. The molecule has 0 aliphatic heterocycles. The van der Waals surface area contributed by atoms with E-state index >= 15 is 0 Å². The number of halogens is 2. The van der Waals surface area contributed by atoms with Crippen LogP contribution in [0, 0.1) is 17.0 Å². The molecule has 0 fully saturated rings. The van der Waals surface area contributed by atoms with Gasteiger partial charge >= 0.3 is 0 Å². The number of rotatable bonds is 4. The molecule has 0 radical (unpaired) electrons. The largest absolute Gasteiger partial charge is 0.365 e. The number of nitrogens with zero attached hydrogens (tertiary/aromatic N) is 1.